The monoisotopic (exact) mass is 223 g/mol. The van der Waals surface area contributed by atoms with Crippen molar-refractivity contribution in [2.75, 3.05) is 18.5 Å². The zero-order valence-corrected chi connectivity index (χ0v) is 9.87. The highest BCUT2D eigenvalue weighted by atomic mass is 16.5. The lowest BCUT2D eigenvalue weighted by Crippen LogP contribution is -2.13. The largest absolute Gasteiger partial charge is 0.494 e. The lowest BCUT2D eigenvalue weighted by molar-refractivity contribution is 0.168. The van der Waals surface area contributed by atoms with Crippen molar-refractivity contribution in [3.8, 4) is 5.75 Å². The molecule has 16 heavy (non-hydrogen) atoms. The summed E-state index contributed by atoms with van der Waals surface area (Å²) in [6.45, 7) is 6.63. The second kappa shape index (κ2) is 6.00. The molecule has 0 radical (unpaired) electrons. The normalized spacial score (nSPS) is 9.69. The van der Waals surface area contributed by atoms with Crippen LogP contribution in [-0.2, 0) is 4.74 Å². The third kappa shape index (κ3) is 3.46. The van der Waals surface area contributed by atoms with Gasteiger partial charge < -0.3 is 9.47 Å². The first-order chi connectivity index (χ1) is 7.67. The van der Waals surface area contributed by atoms with E-state index >= 15 is 0 Å². The Balaban J connectivity index is 2.69. The van der Waals surface area contributed by atoms with Gasteiger partial charge in [0.15, 0.2) is 0 Å². The standard InChI is InChI=1S/C12H17NO3/c1-4-15-11-7-6-10(8-9(11)3)13-12(14)16-5-2/h6-8H,4-5H2,1-3H3,(H,13,14). The number of rotatable bonds is 4. The van der Waals surface area contributed by atoms with Gasteiger partial charge in [-0.3, -0.25) is 5.32 Å². The van der Waals surface area contributed by atoms with E-state index in [0.29, 0.717) is 18.9 Å². The predicted octanol–water partition coefficient (Wildman–Crippen LogP) is 2.96. The maximum Gasteiger partial charge on any atom is 0.411 e. The quantitative estimate of drug-likeness (QED) is 0.853. The van der Waals surface area contributed by atoms with Crippen molar-refractivity contribution in [3.63, 3.8) is 0 Å². The summed E-state index contributed by atoms with van der Waals surface area (Å²) in [4.78, 5) is 11.2. The molecule has 1 aromatic rings. The van der Waals surface area contributed by atoms with Crippen molar-refractivity contribution >= 4 is 11.8 Å². The number of aryl methyl sites for hydroxylation is 1. The van der Waals surface area contributed by atoms with E-state index in [1.165, 1.54) is 0 Å². The lowest BCUT2D eigenvalue weighted by atomic mass is 10.2. The van der Waals surface area contributed by atoms with Crippen molar-refractivity contribution in [1.82, 2.24) is 0 Å². The molecule has 88 valence electrons. The van der Waals surface area contributed by atoms with Gasteiger partial charge in [-0.05, 0) is 44.5 Å². The van der Waals surface area contributed by atoms with Crippen LogP contribution in [0.3, 0.4) is 0 Å². The van der Waals surface area contributed by atoms with Gasteiger partial charge in [-0.1, -0.05) is 0 Å². The molecule has 0 aliphatic heterocycles. The highest BCUT2D eigenvalue weighted by Crippen LogP contribution is 2.21. The number of nitrogens with one attached hydrogen (secondary N) is 1. The van der Waals surface area contributed by atoms with Crippen LogP contribution in [0.2, 0.25) is 0 Å². The molecule has 0 unspecified atom stereocenters. The number of benzene rings is 1. The second-order valence-electron chi connectivity index (χ2n) is 3.26. The molecular weight excluding hydrogens is 206 g/mol. The molecule has 0 aliphatic rings. The first-order valence-corrected chi connectivity index (χ1v) is 5.34. The van der Waals surface area contributed by atoms with E-state index in [2.05, 4.69) is 5.32 Å². The van der Waals surface area contributed by atoms with Crippen LogP contribution < -0.4 is 10.1 Å². The van der Waals surface area contributed by atoms with Gasteiger partial charge in [0.2, 0.25) is 0 Å². The minimum absolute atomic E-state index is 0.363. The topological polar surface area (TPSA) is 47.6 Å². The van der Waals surface area contributed by atoms with Gasteiger partial charge in [0.1, 0.15) is 5.75 Å². The SMILES string of the molecule is CCOC(=O)Nc1ccc(OCC)c(C)c1. The van der Waals surface area contributed by atoms with Crippen molar-refractivity contribution in [2.45, 2.75) is 20.8 Å². The second-order valence-corrected chi connectivity index (χ2v) is 3.26. The van der Waals surface area contributed by atoms with E-state index in [4.69, 9.17) is 9.47 Å². The summed E-state index contributed by atoms with van der Waals surface area (Å²) in [5, 5.41) is 2.64. The zero-order chi connectivity index (χ0) is 12.0. The first-order valence-electron chi connectivity index (χ1n) is 5.34. The van der Waals surface area contributed by atoms with Gasteiger partial charge >= 0.3 is 6.09 Å². The summed E-state index contributed by atoms with van der Waals surface area (Å²) < 4.78 is 10.2. The Labute approximate surface area is 95.6 Å². The Morgan fingerprint density at radius 3 is 2.62 bits per heavy atom. The molecule has 1 rings (SSSR count). The minimum atomic E-state index is -0.439. The van der Waals surface area contributed by atoms with E-state index < -0.39 is 6.09 Å². The van der Waals surface area contributed by atoms with Gasteiger partial charge in [-0.2, -0.15) is 0 Å². The fraction of sp³-hybridized carbons (Fsp3) is 0.417. The van der Waals surface area contributed by atoms with Gasteiger partial charge in [0.25, 0.3) is 0 Å². The minimum Gasteiger partial charge on any atom is -0.494 e. The molecule has 0 heterocycles. The summed E-state index contributed by atoms with van der Waals surface area (Å²) in [6, 6.07) is 5.47. The number of carbonyl (C=O) groups is 1. The van der Waals surface area contributed by atoms with Crippen LogP contribution in [0.5, 0.6) is 5.75 Å². The lowest BCUT2D eigenvalue weighted by Gasteiger charge is -2.09. The predicted molar refractivity (Wildman–Crippen MR) is 63.0 cm³/mol. The molecule has 0 saturated carbocycles. The van der Waals surface area contributed by atoms with Crippen molar-refractivity contribution in [1.29, 1.82) is 0 Å². The van der Waals surface area contributed by atoms with Gasteiger partial charge in [0, 0.05) is 5.69 Å². The molecule has 0 aromatic heterocycles. The Morgan fingerprint density at radius 1 is 1.31 bits per heavy atom. The molecule has 0 spiro atoms. The van der Waals surface area contributed by atoms with E-state index in [-0.39, 0.29) is 0 Å². The molecule has 1 amide bonds. The number of hydrogen-bond acceptors (Lipinski definition) is 3. The highest BCUT2D eigenvalue weighted by molar-refractivity contribution is 5.84. The van der Waals surface area contributed by atoms with E-state index in [1.807, 2.05) is 26.0 Å². The molecule has 4 nitrogen and oxygen atoms in total. The van der Waals surface area contributed by atoms with Crippen molar-refractivity contribution < 1.29 is 14.3 Å². The maximum absolute atomic E-state index is 11.2. The molecule has 0 atom stereocenters. The summed E-state index contributed by atoms with van der Waals surface area (Å²) in [5.41, 5.74) is 1.69. The third-order valence-electron chi connectivity index (χ3n) is 2.00. The molecular formula is C12H17NO3. The fourth-order valence-corrected chi connectivity index (χ4v) is 1.33. The summed E-state index contributed by atoms with van der Waals surface area (Å²) in [5.74, 6) is 0.830. The van der Waals surface area contributed by atoms with Gasteiger partial charge in [0.05, 0.1) is 13.2 Å². The Morgan fingerprint density at radius 2 is 2.06 bits per heavy atom. The van der Waals surface area contributed by atoms with E-state index in [9.17, 15) is 4.79 Å². The van der Waals surface area contributed by atoms with Crippen molar-refractivity contribution in [3.05, 3.63) is 23.8 Å². The van der Waals surface area contributed by atoms with Crippen LogP contribution in [0.1, 0.15) is 19.4 Å². The number of hydrogen-bond donors (Lipinski definition) is 1. The summed E-state index contributed by atoms with van der Waals surface area (Å²) in [7, 11) is 0. The van der Waals surface area contributed by atoms with Crippen LogP contribution in [-0.4, -0.2) is 19.3 Å². The highest BCUT2D eigenvalue weighted by Gasteiger charge is 2.04. The summed E-state index contributed by atoms with van der Waals surface area (Å²) in [6.07, 6.45) is -0.439. The van der Waals surface area contributed by atoms with Crippen LogP contribution in [0, 0.1) is 6.92 Å². The molecule has 1 aromatic carbocycles. The van der Waals surface area contributed by atoms with E-state index in [0.717, 1.165) is 11.3 Å². The number of carbonyl (C=O) groups excluding carboxylic acids is 1. The third-order valence-corrected chi connectivity index (χ3v) is 2.00. The fourth-order valence-electron chi connectivity index (χ4n) is 1.33. The zero-order valence-electron chi connectivity index (χ0n) is 9.87. The van der Waals surface area contributed by atoms with Gasteiger partial charge in [-0.15, -0.1) is 0 Å². The average Bonchev–Trinajstić information content (AvgIpc) is 2.22. The molecule has 0 bridgehead atoms. The molecule has 4 heteroatoms. The molecule has 0 aliphatic carbocycles. The Hall–Kier alpha value is -1.71. The summed E-state index contributed by atoms with van der Waals surface area (Å²) >= 11 is 0. The van der Waals surface area contributed by atoms with Gasteiger partial charge in [-0.25, -0.2) is 4.79 Å². The van der Waals surface area contributed by atoms with Crippen LogP contribution in [0.15, 0.2) is 18.2 Å². The van der Waals surface area contributed by atoms with Crippen LogP contribution in [0.4, 0.5) is 10.5 Å². The molecule has 0 saturated heterocycles. The molecule has 0 fully saturated rings. The van der Waals surface area contributed by atoms with Crippen LogP contribution in [0.25, 0.3) is 0 Å². The molecule has 1 N–H and O–H groups in total. The Kier molecular flexibility index (Phi) is 4.64. The van der Waals surface area contributed by atoms with Crippen LogP contribution >= 0.6 is 0 Å². The first kappa shape index (κ1) is 12.4. The number of anilines is 1. The Bertz CT molecular complexity index is 363. The maximum atomic E-state index is 11.2. The number of amides is 1. The van der Waals surface area contributed by atoms with E-state index in [1.54, 1.807) is 13.0 Å². The smallest absolute Gasteiger partial charge is 0.411 e. The van der Waals surface area contributed by atoms with Crippen molar-refractivity contribution in [2.24, 2.45) is 0 Å². The average molecular weight is 223 g/mol. The number of ether oxygens (including phenoxy) is 2.